The molecular formula is C14H28N2S. The molecule has 100 valence electrons. The van der Waals surface area contributed by atoms with Crippen molar-refractivity contribution in [1.82, 2.24) is 4.90 Å². The summed E-state index contributed by atoms with van der Waals surface area (Å²) in [4.78, 5) is 2.70. The first-order chi connectivity index (χ1) is 8.26. The van der Waals surface area contributed by atoms with Crippen molar-refractivity contribution in [2.24, 2.45) is 11.1 Å². The summed E-state index contributed by atoms with van der Waals surface area (Å²) in [7, 11) is 0. The Hall–Kier alpha value is 0.270. The van der Waals surface area contributed by atoms with Crippen LogP contribution in [0.2, 0.25) is 0 Å². The van der Waals surface area contributed by atoms with Gasteiger partial charge in [0.2, 0.25) is 0 Å². The van der Waals surface area contributed by atoms with Crippen LogP contribution in [0.5, 0.6) is 0 Å². The maximum absolute atomic E-state index is 6.14. The molecule has 0 aromatic rings. The van der Waals surface area contributed by atoms with Crippen LogP contribution in [0.25, 0.3) is 0 Å². The lowest BCUT2D eigenvalue weighted by Gasteiger charge is -2.41. The average molecular weight is 256 g/mol. The first-order valence-corrected chi connectivity index (χ1v) is 8.43. The van der Waals surface area contributed by atoms with Crippen LogP contribution >= 0.6 is 11.8 Å². The summed E-state index contributed by atoms with van der Waals surface area (Å²) in [6, 6.07) is 0.750. The van der Waals surface area contributed by atoms with Crippen LogP contribution in [0.15, 0.2) is 0 Å². The zero-order chi connectivity index (χ0) is 12.1. The lowest BCUT2D eigenvalue weighted by atomic mass is 9.79. The molecule has 0 radical (unpaired) electrons. The summed E-state index contributed by atoms with van der Waals surface area (Å²) in [6.45, 7) is 5.80. The van der Waals surface area contributed by atoms with E-state index in [0.717, 1.165) is 12.6 Å². The molecule has 0 amide bonds. The van der Waals surface area contributed by atoms with E-state index in [1.807, 2.05) is 0 Å². The maximum atomic E-state index is 6.14. The highest BCUT2D eigenvalue weighted by atomic mass is 32.2. The molecule has 1 heterocycles. The van der Waals surface area contributed by atoms with Gasteiger partial charge in [0.25, 0.3) is 0 Å². The van der Waals surface area contributed by atoms with Gasteiger partial charge in [-0.2, -0.15) is 11.8 Å². The fourth-order valence-electron chi connectivity index (χ4n) is 3.33. The smallest absolute Gasteiger partial charge is 0.0158 e. The highest BCUT2D eigenvalue weighted by molar-refractivity contribution is 7.99. The van der Waals surface area contributed by atoms with E-state index in [9.17, 15) is 0 Å². The molecule has 17 heavy (non-hydrogen) atoms. The van der Waals surface area contributed by atoms with Gasteiger partial charge in [-0.15, -0.1) is 0 Å². The lowest BCUT2D eigenvalue weighted by molar-refractivity contribution is 0.116. The minimum Gasteiger partial charge on any atom is -0.330 e. The van der Waals surface area contributed by atoms with Crippen LogP contribution in [0.4, 0.5) is 0 Å². The third kappa shape index (κ3) is 3.62. The predicted octanol–water partition coefficient (Wildman–Crippen LogP) is 2.72. The van der Waals surface area contributed by atoms with Crippen molar-refractivity contribution in [3.63, 3.8) is 0 Å². The number of thioether (sulfide) groups is 1. The summed E-state index contributed by atoms with van der Waals surface area (Å²) >= 11 is 2.11. The Morgan fingerprint density at radius 2 is 1.94 bits per heavy atom. The van der Waals surface area contributed by atoms with Gasteiger partial charge in [0.05, 0.1) is 0 Å². The Balaban J connectivity index is 1.96. The Kier molecular flexibility index (Phi) is 5.19. The standard InChI is InChI=1S/C14H28N2S/c1-13-10-17-9-8-16(13)12-14(11-15)6-4-2-3-5-7-14/h13H,2-12,15H2,1H3. The maximum Gasteiger partial charge on any atom is 0.0158 e. The van der Waals surface area contributed by atoms with Crippen molar-refractivity contribution in [3.05, 3.63) is 0 Å². The highest BCUT2D eigenvalue weighted by Gasteiger charge is 2.33. The average Bonchev–Trinajstić information content (AvgIpc) is 2.58. The van der Waals surface area contributed by atoms with Crippen LogP contribution < -0.4 is 5.73 Å². The molecule has 0 aromatic carbocycles. The molecule has 3 heteroatoms. The number of hydrogen-bond acceptors (Lipinski definition) is 3. The predicted molar refractivity (Wildman–Crippen MR) is 77.5 cm³/mol. The van der Waals surface area contributed by atoms with Gasteiger partial charge in [-0.3, -0.25) is 4.90 Å². The summed E-state index contributed by atoms with van der Waals surface area (Å²) in [5.74, 6) is 2.62. The second-order valence-corrected chi connectivity index (χ2v) is 7.16. The van der Waals surface area contributed by atoms with E-state index in [4.69, 9.17) is 5.73 Å². The Morgan fingerprint density at radius 1 is 1.24 bits per heavy atom. The van der Waals surface area contributed by atoms with Crippen LogP contribution in [-0.2, 0) is 0 Å². The van der Waals surface area contributed by atoms with Crippen molar-refractivity contribution in [2.75, 3.05) is 31.1 Å². The van der Waals surface area contributed by atoms with Gasteiger partial charge in [0.1, 0.15) is 0 Å². The fraction of sp³-hybridized carbons (Fsp3) is 1.00. The van der Waals surface area contributed by atoms with Crippen molar-refractivity contribution in [1.29, 1.82) is 0 Å². The molecule has 0 bridgehead atoms. The second-order valence-electron chi connectivity index (χ2n) is 6.01. The van der Waals surface area contributed by atoms with Gasteiger partial charge >= 0.3 is 0 Å². The molecule has 2 aliphatic rings. The quantitative estimate of drug-likeness (QED) is 0.787. The summed E-state index contributed by atoms with van der Waals surface area (Å²) in [5.41, 5.74) is 6.58. The first kappa shape index (κ1) is 13.7. The van der Waals surface area contributed by atoms with Gasteiger partial charge in [-0.1, -0.05) is 25.7 Å². The van der Waals surface area contributed by atoms with Crippen LogP contribution in [-0.4, -0.2) is 42.1 Å². The van der Waals surface area contributed by atoms with E-state index in [0.29, 0.717) is 5.41 Å². The minimum atomic E-state index is 0.437. The molecule has 2 rings (SSSR count). The molecule has 1 unspecified atom stereocenters. The molecule has 1 aliphatic heterocycles. The van der Waals surface area contributed by atoms with Gasteiger partial charge < -0.3 is 5.73 Å². The highest BCUT2D eigenvalue weighted by Crippen LogP contribution is 2.36. The van der Waals surface area contributed by atoms with E-state index in [-0.39, 0.29) is 0 Å². The van der Waals surface area contributed by atoms with Gasteiger partial charge in [-0.25, -0.2) is 0 Å². The van der Waals surface area contributed by atoms with E-state index in [1.54, 1.807) is 0 Å². The van der Waals surface area contributed by atoms with Crippen molar-refractivity contribution in [3.8, 4) is 0 Å². The molecule has 1 atom stereocenters. The van der Waals surface area contributed by atoms with Crippen molar-refractivity contribution in [2.45, 2.75) is 51.5 Å². The number of nitrogens with zero attached hydrogens (tertiary/aromatic N) is 1. The third-order valence-corrected chi connectivity index (χ3v) is 5.83. The fourth-order valence-corrected chi connectivity index (χ4v) is 4.41. The second kappa shape index (κ2) is 6.44. The van der Waals surface area contributed by atoms with Gasteiger partial charge in [0, 0.05) is 30.6 Å². The molecule has 0 aromatic heterocycles. The van der Waals surface area contributed by atoms with E-state index in [2.05, 4.69) is 23.6 Å². The molecule has 2 nitrogen and oxygen atoms in total. The van der Waals surface area contributed by atoms with Gasteiger partial charge in [0.15, 0.2) is 0 Å². The largest absolute Gasteiger partial charge is 0.330 e. The monoisotopic (exact) mass is 256 g/mol. The Bertz CT molecular complexity index is 224. The number of hydrogen-bond donors (Lipinski definition) is 1. The van der Waals surface area contributed by atoms with Crippen molar-refractivity contribution < 1.29 is 0 Å². The van der Waals surface area contributed by atoms with Crippen molar-refractivity contribution >= 4 is 11.8 Å². The summed E-state index contributed by atoms with van der Waals surface area (Å²) in [6.07, 6.45) is 8.36. The molecule has 1 saturated heterocycles. The zero-order valence-corrected chi connectivity index (χ0v) is 12.1. The molecule has 1 saturated carbocycles. The molecule has 2 fully saturated rings. The molecule has 0 spiro atoms. The summed E-state index contributed by atoms with van der Waals surface area (Å²) in [5, 5.41) is 0. The van der Waals surface area contributed by atoms with E-state index >= 15 is 0 Å². The number of nitrogens with two attached hydrogens (primary N) is 1. The van der Waals surface area contributed by atoms with Crippen LogP contribution in [0.1, 0.15) is 45.4 Å². The normalized spacial score (nSPS) is 31.1. The first-order valence-electron chi connectivity index (χ1n) is 7.28. The minimum absolute atomic E-state index is 0.437. The van der Waals surface area contributed by atoms with Gasteiger partial charge in [-0.05, 0) is 31.7 Å². The molecule has 1 aliphatic carbocycles. The number of rotatable bonds is 3. The van der Waals surface area contributed by atoms with E-state index in [1.165, 1.54) is 63.1 Å². The van der Waals surface area contributed by atoms with E-state index < -0.39 is 0 Å². The lowest BCUT2D eigenvalue weighted by Crippen LogP contribution is -2.49. The zero-order valence-electron chi connectivity index (χ0n) is 11.3. The Morgan fingerprint density at radius 3 is 2.53 bits per heavy atom. The summed E-state index contributed by atoms with van der Waals surface area (Å²) < 4.78 is 0. The molecular weight excluding hydrogens is 228 g/mol. The third-order valence-electron chi connectivity index (χ3n) is 4.64. The Labute approximate surface area is 111 Å². The topological polar surface area (TPSA) is 29.3 Å². The SMILES string of the molecule is CC1CSCCN1CC1(CN)CCCCCC1. The molecule has 2 N–H and O–H groups in total. The van der Waals surface area contributed by atoms with Crippen LogP contribution in [0.3, 0.4) is 0 Å². The van der Waals surface area contributed by atoms with Crippen LogP contribution in [0, 0.1) is 5.41 Å².